The summed E-state index contributed by atoms with van der Waals surface area (Å²) in [5.41, 5.74) is 1.97. The average molecular weight is 280 g/mol. The topological polar surface area (TPSA) is 70.0 Å². The standard InChI is InChI=1S/C16H12N2O3/c19-15(10-12-6-2-1-3-7-12)13-8-4-5-9-14(13)18-11-16(20)21-17-18/h1-9,11H,10H2. The van der Waals surface area contributed by atoms with E-state index >= 15 is 0 Å². The molecule has 0 amide bonds. The van der Waals surface area contributed by atoms with Gasteiger partial charge in [-0.1, -0.05) is 42.5 Å². The summed E-state index contributed by atoms with van der Waals surface area (Å²) in [5, 5.41) is 14.7. The molecule has 0 bridgehead atoms. The Morgan fingerprint density at radius 1 is 1.10 bits per heavy atom. The van der Waals surface area contributed by atoms with Gasteiger partial charge in [0, 0.05) is 12.5 Å². The van der Waals surface area contributed by atoms with E-state index in [2.05, 4.69) is 9.79 Å². The Labute approximate surface area is 121 Å². The number of ketones is 1. The number of nitrogens with zero attached hydrogens (tertiary/aromatic N) is 2. The van der Waals surface area contributed by atoms with Crippen molar-refractivity contribution < 1.29 is 19.1 Å². The lowest BCUT2D eigenvalue weighted by Crippen LogP contribution is -2.34. The van der Waals surface area contributed by atoms with Crippen molar-refractivity contribution in [2.24, 2.45) is 0 Å². The second-order valence-electron chi connectivity index (χ2n) is 4.57. The molecule has 0 aliphatic carbocycles. The molecule has 0 aliphatic heterocycles. The number of aromatic nitrogens is 2. The molecule has 2 aromatic carbocycles. The molecule has 5 nitrogen and oxygen atoms in total. The third-order valence-electron chi connectivity index (χ3n) is 3.11. The predicted molar refractivity (Wildman–Crippen MR) is 72.0 cm³/mol. The normalized spacial score (nSPS) is 10.5. The number of Topliss-reactive ketones (excluding diaryl/α,β-unsaturated/α-hetero) is 1. The molecule has 3 rings (SSSR count). The third kappa shape index (κ3) is 2.81. The molecule has 0 unspecified atom stereocenters. The lowest BCUT2D eigenvalue weighted by atomic mass is 10.0. The van der Waals surface area contributed by atoms with Crippen molar-refractivity contribution in [1.82, 2.24) is 5.27 Å². The van der Waals surface area contributed by atoms with Crippen LogP contribution in [0.25, 0.3) is 5.69 Å². The van der Waals surface area contributed by atoms with E-state index in [-0.39, 0.29) is 5.78 Å². The highest BCUT2D eigenvalue weighted by atomic mass is 16.6. The second kappa shape index (κ2) is 5.58. The van der Waals surface area contributed by atoms with Crippen LogP contribution in [0.5, 0.6) is 5.95 Å². The van der Waals surface area contributed by atoms with Crippen LogP contribution in [0.15, 0.2) is 65.3 Å². The van der Waals surface area contributed by atoms with Gasteiger partial charge in [-0.05, 0) is 16.3 Å². The van der Waals surface area contributed by atoms with Crippen LogP contribution in [0.2, 0.25) is 0 Å². The quantitative estimate of drug-likeness (QED) is 0.536. The zero-order valence-corrected chi connectivity index (χ0v) is 11.1. The monoisotopic (exact) mass is 280 g/mol. The van der Waals surface area contributed by atoms with Crippen molar-refractivity contribution in [2.45, 2.75) is 6.42 Å². The van der Waals surface area contributed by atoms with Crippen molar-refractivity contribution in [3.8, 4) is 11.6 Å². The van der Waals surface area contributed by atoms with Gasteiger partial charge in [-0.3, -0.25) is 4.79 Å². The molecule has 0 saturated carbocycles. The number of hydrogen-bond acceptors (Lipinski definition) is 4. The highest BCUT2D eigenvalue weighted by molar-refractivity contribution is 6.00. The Bertz CT molecular complexity index is 766. The fourth-order valence-corrected chi connectivity index (χ4v) is 2.13. The van der Waals surface area contributed by atoms with Gasteiger partial charge in [0.2, 0.25) is 11.9 Å². The summed E-state index contributed by atoms with van der Waals surface area (Å²) in [6.45, 7) is 0. The molecule has 0 saturated heterocycles. The molecular formula is C16H12N2O3. The lowest BCUT2D eigenvalue weighted by molar-refractivity contribution is -0.670. The second-order valence-corrected chi connectivity index (χ2v) is 4.57. The largest absolute Gasteiger partial charge is 0.539 e. The SMILES string of the molecule is O=C(Cc1ccccc1)c1ccccc1-[n+]1cc([O-])on1. The molecule has 0 aliphatic rings. The number of rotatable bonds is 4. The summed E-state index contributed by atoms with van der Waals surface area (Å²) >= 11 is 0. The van der Waals surface area contributed by atoms with Crippen molar-refractivity contribution >= 4 is 5.78 Å². The van der Waals surface area contributed by atoms with E-state index < -0.39 is 5.95 Å². The number of benzene rings is 2. The molecule has 21 heavy (non-hydrogen) atoms. The first kappa shape index (κ1) is 13.1. The molecule has 1 aromatic heterocycles. The maximum atomic E-state index is 12.5. The lowest BCUT2D eigenvalue weighted by Gasteiger charge is -2.02. The van der Waals surface area contributed by atoms with Crippen LogP contribution in [0.1, 0.15) is 15.9 Å². The van der Waals surface area contributed by atoms with Gasteiger partial charge in [0.1, 0.15) is 5.95 Å². The molecule has 0 spiro atoms. The van der Waals surface area contributed by atoms with Gasteiger partial charge < -0.3 is 9.63 Å². The highest BCUT2D eigenvalue weighted by Gasteiger charge is 2.20. The molecule has 5 heteroatoms. The Hall–Kier alpha value is -2.95. The van der Waals surface area contributed by atoms with E-state index in [1.807, 2.05) is 30.3 Å². The molecule has 0 radical (unpaired) electrons. The summed E-state index contributed by atoms with van der Waals surface area (Å²) in [6, 6.07) is 16.5. The van der Waals surface area contributed by atoms with Crippen molar-refractivity contribution in [1.29, 1.82) is 0 Å². The Morgan fingerprint density at radius 2 is 1.81 bits per heavy atom. The predicted octanol–water partition coefficient (Wildman–Crippen LogP) is 1.45. The summed E-state index contributed by atoms with van der Waals surface area (Å²) in [6.07, 6.45) is 1.50. The van der Waals surface area contributed by atoms with Crippen molar-refractivity contribution in [3.63, 3.8) is 0 Å². The Kier molecular flexibility index (Phi) is 3.47. The maximum Gasteiger partial charge on any atom is 0.250 e. The first-order chi connectivity index (χ1) is 10.2. The van der Waals surface area contributed by atoms with Crippen molar-refractivity contribution in [3.05, 3.63) is 71.9 Å². The smallest absolute Gasteiger partial charge is 0.250 e. The first-order valence-corrected chi connectivity index (χ1v) is 6.46. The Morgan fingerprint density at radius 3 is 2.52 bits per heavy atom. The van der Waals surface area contributed by atoms with Gasteiger partial charge >= 0.3 is 0 Å². The molecule has 0 atom stereocenters. The molecular weight excluding hydrogens is 268 g/mol. The molecule has 3 aromatic rings. The minimum atomic E-state index is -0.555. The summed E-state index contributed by atoms with van der Waals surface area (Å²) in [5.74, 6) is -0.597. The van der Waals surface area contributed by atoms with Crippen LogP contribution in [0, 0.1) is 0 Å². The minimum Gasteiger partial charge on any atom is -0.539 e. The molecule has 0 N–H and O–H groups in total. The van der Waals surface area contributed by atoms with Gasteiger partial charge in [0.25, 0.3) is 0 Å². The Balaban J connectivity index is 1.94. The third-order valence-corrected chi connectivity index (χ3v) is 3.11. The van der Waals surface area contributed by atoms with Crippen LogP contribution in [0.3, 0.4) is 0 Å². The van der Waals surface area contributed by atoms with E-state index in [9.17, 15) is 9.90 Å². The fourth-order valence-electron chi connectivity index (χ4n) is 2.13. The van der Waals surface area contributed by atoms with Crippen LogP contribution in [0.4, 0.5) is 0 Å². The van der Waals surface area contributed by atoms with Gasteiger partial charge in [-0.2, -0.15) is 0 Å². The van der Waals surface area contributed by atoms with Crippen LogP contribution >= 0.6 is 0 Å². The summed E-state index contributed by atoms with van der Waals surface area (Å²) in [7, 11) is 0. The number of para-hydroxylation sites is 1. The summed E-state index contributed by atoms with van der Waals surface area (Å²) < 4.78 is 5.80. The number of hydrogen-bond donors (Lipinski definition) is 0. The van der Waals surface area contributed by atoms with E-state index in [0.29, 0.717) is 17.7 Å². The van der Waals surface area contributed by atoms with Crippen LogP contribution in [-0.2, 0) is 6.42 Å². The molecule has 1 heterocycles. The van der Waals surface area contributed by atoms with Gasteiger partial charge in [0.15, 0.2) is 5.78 Å². The zero-order chi connectivity index (χ0) is 14.7. The van der Waals surface area contributed by atoms with E-state index in [4.69, 9.17) is 0 Å². The van der Waals surface area contributed by atoms with Gasteiger partial charge in [0.05, 0.1) is 10.8 Å². The van der Waals surface area contributed by atoms with Crippen LogP contribution in [-0.4, -0.2) is 11.1 Å². The maximum absolute atomic E-state index is 12.5. The van der Waals surface area contributed by atoms with E-state index in [1.54, 1.807) is 24.3 Å². The van der Waals surface area contributed by atoms with Crippen LogP contribution < -0.4 is 9.79 Å². The average Bonchev–Trinajstić information content (AvgIpc) is 2.95. The fraction of sp³-hybridized carbons (Fsp3) is 0.0625. The van der Waals surface area contributed by atoms with Gasteiger partial charge in [-0.25, -0.2) is 0 Å². The molecule has 104 valence electrons. The molecule has 0 fully saturated rings. The number of carbonyl (C=O) groups is 1. The van der Waals surface area contributed by atoms with E-state index in [1.165, 1.54) is 10.9 Å². The minimum absolute atomic E-state index is 0.0419. The zero-order valence-electron chi connectivity index (χ0n) is 11.1. The first-order valence-electron chi connectivity index (χ1n) is 6.46. The van der Waals surface area contributed by atoms with E-state index in [0.717, 1.165) is 5.56 Å². The van der Waals surface area contributed by atoms with Crippen molar-refractivity contribution in [2.75, 3.05) is 0 Å². The number of carbonyl (C=O) groups excluding carboxylic acids is 1. The summed E-state index contributed by atoms with van der Waals surface area (Å²) in [4.78, 5) is 12.5. The van der Waals surface area contributed by atoms with Gasteiger partial charge in [-0.15, -0.1) is 0 Å². The highest BCUT2D eigenvalue weighted by Crippen LogP contribution is 2.13.